The van der Waals surface area contributed by atoms with E-state index >= 15 is 0 Å². The maximum absolute atomic E-state index is 8.71. The summed E-state index contributed by atoms with van der Waals surface area (Å²) in [5, 5.41) is 12.1. The second-order valence-corrected chi connectivity index (χ2v) is 3.58. The topological polar surface area (TPSA) is 32.6 Å². The number of hydrogen-bond acceptors (Lipinski definition) is 2. The second kappa shape index (κ2) is 13.5. The van der Waals surface area contributed by atoms with E-state index in [9.17, 15) is 0 Å². The van der Waals surface area contributed by atoms with Crippen LogP contribution in [0, 0.1) is 0 Å². The zero-order valence-corrected chi connectivity index (χ0v) is 12.1. The van der Waals surface area contributed by atoms with Crippen LogP contribution in [0.1, 0.15) is 66.6 Å². The van der Waals surface area contributed by atoms with Gasteiger partial charge in [-0.05, 0) is 25.7 Å². The zero-order valence-electron chi connectivity index (χ0n) is 11.1. The smallest absolute Gasteiger partial charge is 1.00 e. The first-order chi connectivity index (χ1) is 6.35. The van der Waals surface area contributed by atoms with Crippen molar-refractivity contribution in [3.05, 3.63) is 0 Å². The van der Waals surface area contributed by atoms with Crippen molar-refractivity contribution in [2.45, 2.75) is 65.2 Å². The molecule has 0 aliphatic carbocycles. The summed E-state index contributed by atoms with van der Waals surface area (Å²) in [6, 6.07) is 0. The van der Waals surface area contributed by atoms with Crippen LogP contribution in [-0.4, -0.2) is 10.9 Å². The Morgan fingerprint density at radius 1 is 1.00 bits per heavy atom. The fraction of sp³-hybridized carbons (Fsp3) is 0.909. The third-order valence-electron chi connectivity index (χ3n) is 2.28. The van der Waals surface area contributed by atoms with Gasteiger partial charge in [-0.2, -0.15) is 0 Å². The Kier molecular flexibility index (Phi) is 16.2. The summed E-state index contributed by atoms with van der Waals surface area (Å²) in [5.41, 5.74) is 0.988. The molecule has 0 aromatic heterocycles. The molecule has 0 rings (SSSR count). The number of nitrogens with zero attached hydrogens (tertiary/aromatic N) is 1. The normalized spacial score (nSPS) is 9.29. The van der Waals surface area contributed by atoms with Gasteiger partial charge >= 0.3 is 29.6 Å². The Labute approximate surface area is 112 Å². The first-order valence-corrected chi connectivity index (χ1v) is 5.54. The molecule has 3 heteroatoms. The Morgan fingerprint density at radius 3 is 1.71 bits per heavy atom. The Morgan fingerprint density at radius 2 is 1.43 bits per heavy atom. The van der Waals surface area contributed by atoms with Crippen LogP contribution in [0.25, 0.3) is 0 Å². The molecule has 0 amide bonds. The third kappa shape index (κ3) is 10.6. The van der Waals surface area contributed by atoms with E-state index in [0.29, 0.717) is 0 Å². The molecule has 0 aromatic carbocycles. The minimum absolute atomic E-state index is 0. The van der Waals surface area contributed by atoms with E-state index in [0.717, 1.165) is 18.6 Å². The largest absolute Gasteiger partial charge is 1.00 e. The summed E-state index contributed by atoms with van der Waals surface area (Å²) in [7, 11) is 0. The van der Waals surface area contributed by atoms with Gasteiger partial charge in [0.1, 0.15) is 0 Å². The second-order valence-electron chi connectivity index (χ2n) is 3.58. The molecule has 0 saturated carbocycles. The van der Waals surface area contributed by atoms with Crippen LogP contribution >= 0.6 is 0 Å². The van der Waals surface area contributed by atoms with Gasteiger partial charge < -0.3 is 6.63 Å². The molecule has 0 fully saturated rings. The van der Waals surface area contributed by atoms with Crippen molar-refractivity contribution in [1.82, 2.24) is 0 Å². The van der Waals surface area contributed by atoms with Gasteiger partial charge in [-0.15, -0.1) is 0 Å². The van der Waals surface area contributed by atoms with Crippen LogP contribution < -0.4 is 29.6 Å². The van der Waals surface area contributed by atoms with Crippen molar-refractivity contribution in [3.63, 3.8) is 0 Å². The molecule has 1 N–H and O–H groups in total. The summed E-state index contributed by atoms with van der Waals surface area (Å²) in [6.45, 7) is 4.37. The van der Waals surface area contributed by atoms with Gasteiger partial charge in [0, 0.05) is 0 Å². The molecule has 0 heterocycles. The summed E-state index contributed by atoms with van der Waals surface area (Å²) < 4.78 is 0. The number of oxime groups is 1. The molecule has 0 radical (unpaired) electrons. The van der Waals surface area contributed by atoms with Gasteiger partial charge in [0.2, 0.25) is 0 Å². The maximum atomic E-state index is 8.71. The van der Waals surface area contributed by atoms with Gasteiger partial charge in [0.25, 0.3) is 0 Å². The average Bonchev–Trinajstić information content (AvgIpc) is 2.16. The molecule has 0 bridgehead atoms. The van der Waals surface area contributed by atoms with Gasteiger partial charge in [-0.3, -0.25) is 0 Å². The molecule has 2 nitrogen and oxygen atoms in total. The summed E-state index contributed by atoms with van der Waals surface area (Å²) >= 11 is 0. The fourth-order valence-corrected chi connectivity index (χ4v) is 1.38. The van der Waals surface area contributed by atoms with E-state index in [1.54, 1.807) is 0 Å². The average molecular weight is 209 g/mol. The van der Waals surface area contributed by atoms with E-state index in [1.165, 1.54) is 38.5 Å². The molecule has 0 atom stereocenters. The van der Waals surface area contributed by atoms with Gasteiger partial charge in [-0.25, -0.2) is 0 Å². The van der Waals surface area contributed by atoms with Gasteiger partial charge in [0.15, 0.2) is 0 Å². The van der Waals surface area contributed by atoms with E-state index in [4.69, 9.17) is 5.21 Å². The first kappa shape index (κ1) is 16.9. The molecule has 0 aromatic rings. The minimum atomic E-state index is 0. The van der Waals surface area contributed by atoms with Crippen LogP contribution in [0.5, 0.6) is 0 Å². The quantitative estimate of drug-likeness (QED) is 0.210. The van der Waals surface area contributed by atoms with Crippen molar-refractivity contribution < 1.29 is 36.2 Å². The predicted octanol–water partition coefficient (Wildman–Crippen LogP) is 1.09. The van der Waals surface area contributed by atoms with Crippen LogP contribution in [0.4, 0.5) is 0 Å². The first-order valence-electron chi connectivity index (χ1n) is 5.54. The van der Waals surface area contributed by atoms with E-state index in [2.05, 4.69) is 19.0 Å². The fourth-order valence-electron chi connectivity index (χ4n) is 1.38. The SMILES string of the molecule is CCCCCC(CCCCC)=NO.[H-].[Na+]. The Bertz CT molecular complexity index is 131. The van der Waals surface area contributed by atoms with Crippen LogP contribution in [-0.2, 0) is 0 Å². The molecular weight excluding hydrogens is 185 g/mol. The number of rotatable bonds is 8. The molecule has 0 unspecified atom stereocenters. The zero-order chi connectivity index (χ0) is 9.94. The van der Waals surface area contributed by atoms with E-state index in [1.807, 2.05) is 0 Å². The predicted molar refractivity (Wildman–Crippen MR) is 58.6 cm³/mol. The van der Waals surface area contributed by atoms with Gasteiger partial charge in [0.05, 0.1) is 5.71 Å². The molecule has 0 aliphatic heterocycles. The van der Waals surface area contributed by atoms with Crippen LogP contribution in [0.3, 0.4) is 0 Å². The van der Waals surface area contributed by atoms with E-state index < -0.39 is 0 Å². The Balaban J connectivity index is -0.000000720. The summed E-state index contributed by atoms with van der Waals surface area (Å²) in [6.07, 6.45) is 9.24. The maximum Gasteiger partial charge on any atom is 1.00 e. The minimum Gasteiger partial charge on any atom is -1.00 e. The molecule has 0 spiro atoms. The van der Waals surface area contributed by atoms with Crippen molar-refractivity contribution in [3.8, 4) is 0 Å². The van der Waals surface area contributed by atoms with E-state index in [-0.39, 0.29) is 31.0 Å². The molecule has 0 saturated heterocycles. The van der Waals surface area contributed by atoms with Crippen LogP contribution in [0.2, 0.25) is 0 Å². The van der Waals surface area contributed by atoms with Crippen LogP contribution in [0.15, 0.2) is 5.16 Å². The molecule has 0 aliphatic rings. The standard InChI is InChI=1S/C11H23NO.Na.H/c1-3-5-7-9-11(12-13)10-8-6-4-2;;/h13H,3-10H2,1-2H3;;/q;+1;-1. The van der Waals surface area contributed by atoms with Crippen molar-refractivity contribution in [2.24, 2.45) is 5.16 Å². The summed E-state index contributed by atoms with van der Waals surface area (Å²) in [4.78, 5) is 0. The van der Waals surface area contributed by atoms with Crippen molar-refractivity contribution >= 4 is 5.71 Å². The number of hydrogen-bond donors (Lipinski definition) is 1. The number of unbranched alkanes of at least 4 members (excludes halogenated alkanes) is 4. The van der Waals surface area contributed by atoms with Gasteiger partial charge in [-0.1, -0.05) is 44.7 Å². The summed E-state index contributed by atoms with van der Waals surface area (Å²) in [5.74, 6) is 0. The molecule has 80 valence electrons. The third-order valence-corrected chi connectivity index (χ3v) is 2.28. The Hall–Kier alpha value is 0.470. The monoisotopic (exact) mass is 209 g/mol. The molecular formula is C11H24NNaO. The van der Waals surface area contributed by atoms with Crippen molar-refractivity contribution in [1.29, 1.82) is 0 Å². The van der Waals surface area contributed by atoms with Crippen molar-refractivity contribution in [2.75, 3.05) is 0 Å². The molecule has 14 heavy (non-hydrogen) atoms.